The lowest BCUT2D eigenvalue weighted by Gasteiger charge is -2.38. The number of benzene rings is 1. The van der Waals surface area contributed by atoms with Gasteiger partial charge in [0.2, 0.25) is 5.91 Å². The number of likely N-dealkylation sites (tertiary alicyclic amines) is 1. The molecule has 0 radical (unpaired) electrons. The fourth-order valence-electron chi connectivity index (χ4n) is 3.56. The van der Waals surface area contributed by atoms with Crippen LogP contribution < -0.4 is 10.2 Å². The van der Waals surface area contributed by atoms with Crippen LogP contribution in [0.3, 0.4) is 0 Å². The Hall–Kier alpha value is -1.26. The van der Waals surface area contributed by atoms with Crippen molar-refractivity contribution in [2.45, 2.75) is 44.7 Å². The van der Waals surface area contributed by atoms with E-state index in [0.29, 0.717) is 18.5 Å². The van der Waals surface area contributed by atoms with E-state index in [1.54, 1.807) is 0 Å². The van der Waals surface area contributed by atoms with Gasteiger partial charge in [-0.25, -0.2) is 0 Å². The molecule has 126 valence electrons. The normalized spacial score (nSPS) is 23.4. The molecule has 1 atom stereocenters. The number of likely N-dealkylation sites (N-methyl/N-ethyl adjacent to an activating group) is 1. The maximum absolute atomic E-state index is 11.6. The molecule has 0 saturated carbocycles. The van der Waals surface area contributed by atoms with Crippen molar-refractivity contribution in [3.63, 3.8) is 0 Å². The molecule has 5 heteroatoms. The Morgan fingerprint density at radius 3 is 2.57 bits per heavy atom. The van der Waals surface area contributed by atoms with Gasteiger partial charge >= 0.3 is 0 Å². The molecule has 1 unspecified atom stereocenters. The second kappa shape index (κ2) is 7.10. The van der Waals surface area contributed by atoms with E-state index in [2.05, 4.69) is 28.4 Å². The van der Waals surface area contributed by atoms with Crippen molar-refractivity contribution >= 4 is 23.2 Å². The highest BCUT2D eigenvalue weighted by molar-refractivity contribution is 6.31. The number of carbonyl (C=O) groups is 1. The van der Waals surface area contributed by atoms with Gasteiger partial charge in [-0.05, 0) is 43.9 Å². The Labute approximate surface area is 143 Å². The number of piperidine rings is 2. The summed E-state index contributed by atoms with van der Waals surface area (Å²) in [4.78, 5) is 15.8. The molecule has 1 aromatic rings. The third-order valence-corrected chi connectivity index (χ3v) is 5.52. The largest absolute Gasteiger partial charge is 0.371 e. The van der Waals surface area contributed by atoms with E-state index in [1.165, 1.54) is 5.69 Å². The molecule has 1 N–H and O–H groups in total. The maximum atomic E-state index is 11.6. The first-order chi connectivity index (χ1) is 11.0. The lowest BCUT2D eigenvalue weighted by Crippen LogP contribution is -2.52. The van der Waals surface area contributed by atoms with Gasteiger partial charge in [0, 0.05) is 55.9 Å². The van der Waals surface area contributed by atoms with Gasteiger partial charge in [0.25, 0.3) is 0 Å². The molecule has 0 aromatic heterocycles. The van der Waals surface area contributed by atoms with E-state index in [9.17, 15) is 4.79 Å². The summed E-state index contributed by atoms with van der Waals surface area (Å²) >= 11 is 6.24. The first kappa shape index (κ1) is 16.6. The fourth-order valence-corrected chi connectivity index (χ4v) is 3.74. The molecule has 2 fully saturated rings. The molecular formula is C18H26ClN3O. The zero-order valence-electron chi connectivity index (χ0n) is 14.0. The summed E-state index contributed by atoms with van der Waals surface area (Å²) in [5.41, 5.74) is 2.35. The third kappa shape index (κ3) is 3.99. The van der Waals surface area contributed by atoms with E-state index < -0.39 is 0 Å². The van der Waals surface area contributed by atoms with Gasteiger partial charge in [0.05, 0.1) is 0 Å². The highest BCUT2D eigenvalue weighted by Gasteiger charge is 2.26. The number of nitrogens with zero attached hydrogens (tertiary/aromatic N) is 2. The molecule has 2 aliphatic heterocycles. The molecule has 23 heavy (non-hydrogen) atoms. The third-order valence-electron chi connectivity index (χ3n) is 5.11. The van der Waals surface area contributed by atoms with Gasteiger partial charge in [0.15, 0.2) is 0 Å². The van der Waals surface area contributed by atoms with Crippen LogP contribution in [0.1, 0.15) is 31.2 Å². The van der Waals surface area contributed by atoms with Gasteiger partial charge in [-0.15, -0.1) is 0 Å². The van der Waals surface area contributed by atoms with Crippen LogP contribution in [0.4, 0.5) is 5.69 Å². The molecule has 2 heterocycles. The van der Waals surface area contributed by atoms with Gasteiger partial charge in [-0.2, -0.15) is 0 Å². The fraction of sp³-hybridized carbons (Fsp3) is 0.611. The monoisotopic (exact) mass is 335 g/mol. The van der Waals surface area contributed by atoms with Crippen LogP contribution in [0.5, 0.6) is 0 Å². The van der Waals surface area contributed by atoms with Crippen molar-refractivity contribution in [1.29, 1.82) is 0 Å². The molecule has 2 saturated heterocycles. The summed E-state index contributed by atoms with van der Waals surface area (Å²) in [5, 5.41) is 4.60. The van der Waals surface area contributed by atoms with Crippen molar-refractivity contribution < 1.29 is 4.79 Å². The SMILES string of the molecule is Cc1ccc(N2CCC(NC3CCC(=O)N(C)C3)CC2)cc1Cl. The van der Waals surface area contributed by atoms with Crippen LogP contribution >= 0.6 is 11.6 Å². The molecule has 0 bridgehead atoms. The van der Waals surface area contributed by atoms with Crippen molar-refractivity contribution in [3.05, 3.63) is 28.8 Å². The predicted molar refractivity (Wildman–Crippen MR) is 95.2 cm³/mol. The first-order valence-corrected chi connectivity index (χ1v) is 8.92. The second-order valence-corrected chi connectivity index (χ2v) is 7.28. The second-order valence-electron chi connectivity index (χ2n) is 6.87. The van der Waals surface area contributed by atoms with E-state index in [1.807, 2.05) is 18.9 Å². The predicted octanol–water partition coefficient (Wildman–Crippen LogP) is 2.83. The van der Waals surface area contributed by atoms with Gasteiger partial charge in [-0.3, -0.25) is 4.79 Å². The highest BCUT2D eigenvalue weighted by atomic mass is 35.5. The van der Waals surface area contributed by atoms with Crippen LogP contribution in [-0.4, -0.2) is 49.6 Å². The number of carbonyl (C=O) groups excluding carboxylic acids is 1. The summed E-state index contributed by atoms with van der Waals surface area (Å²) < 4.78 is 0. The van der Waals surface area contributed by atoms with Crippen LogP contribution in [0.2, 0.25) is 5.02 Å². The highest BCUT2D eigenvalue weighted by Crippen LogP contribution is 2.26. The molecule has 0 aliphatic carbocycles. The Bertz CT molecular complexity index is 569. The van der Waals surface area contributed by atoms with Crippen LogP contribution in [0.15, 0.2) is 18.2 Å². The minimum atomic E-state index is 0.272. The van der Waals surface area contributed by atoms with E-state index in [-0.39, 0.29) is 5.91 Å². The van der Waals surface area contributed by atoms with Gasteiger partial charge in [-0.1, -0.05) is 17.7 Å². The van der Waals surface area contributed by atoms with Crippen LogP contribution in [-0.2, 0) is 4.79 Å². The number of amides is 1. The molecule has 3 rings (SSSR count). The number of anilines is 1. The summed E-state index contributed by atoms with van der Waals surface area (Å²) in [7, 11) is 1.90. The number of aryl methyl sites for hydroxylation is 1. The Morgan fingerprint density at radius 1 is 1.17 bits per heavy atom. The number of nitrogens with one attached hydrogen (secondary N) is 1. The van der Waals surface area contributed by atoms with Crippen molar-refractivity contribution in [2.75, 3.05) is 31.6 Å². The lowest BCUT2D eigenvalue weighted by molar-refractivity contribution is -0.132. The Kier molecular flexibility index (Phi) is 5.12. The van der Waals surface area contributed by atoms with Crippen molar-refractivity contribution in [2.24, 2.45) is 0 Å². The lowest BCUT2D eigenvalue weighted by atomic mass is 9.99. The first-order valence-electron chi connectivity index (χ1n) is 8.54. The van der Waals surface area contributed by atoms with E-state index >= 15 is 0 Å². The summed E-state index contributed by atoms with van der Waals surface area (Å²) in [6, 6.07) is 7.33. The number of hydrogen-bond donors (Lipinski definition) is 1. The zero-order chi connectivity index (χ0) is 16.4. The average molecular weight is 336 g/mol. The zero-order valence-corrected chi connectivity index (χ0v) is 14.8. The average Bonchev–Trinajstić information content (AvgIpc) is 2.54. The van der Waals surface area contributed by atoms with E-state index in [4.69, 9.17) is 11.6 Å². The molecule has 1 amide bonds. The summed E-state index contributed by atoms with van der Waals surface area (Å²) in [5.74, 6) is 0.272. The smallest absolute Gasteiger partial charge is 0.222 e. The molecular weight excluding hydrogens is 310 g/mol. The van der Waals surface area contributed by atoms with Gasteiger partial charge in [0.1, 0.15) is 0 Å². The Morgan fingerprint density at radius 2 is 1.91 bits per heavy atom. The number of rotatable bonds is 3. The minimum absolute atomic E-state index is 0.272. The van der Waals surface area contributed by atoms with Crippen molar-refractivity contribution in [3.8, 4) is 0 Å². The molecule has 2 aliphatic rings. The topological polar surface area (TPSA) is 35.6 Å². The summed E-state index contributed by atoms with van der Waals surface area (Å²) in [6.45, 7) is 4.98. The molecule has 0 spiro atoms. The van der Waals surface area contributed by atoms with E-state index in [0.717, 1.165) is 49.5 Å². The summed E-state index contributed by atoms with van der Waals surface area (Å²) in [6.07, 6.45) is 3.92. The quantitative estimate of drug-likeness (QED) is 0.922. The molecule has 4 nitrogen and oxygen atoms in total. The minimum Gasteiger partial charge on any atom is -0.371 e. The van der Waals surface area contributed by atoms with Crippen LogP contribution in [0.25, 0.3) is 0 Å². The number of hydrogen-bond acceptors (Lipinski definition) is 3. The van der Waals surface area contributed by atoms with Gasteiger partial charge < -0.3 is 15.1 Å². The standard InChI is InChI=1S/C18H26ClN3O/c1-13-3-5-16(11-17(13)19)22-9-7-14(8-10-22)20-15-4-6-18(23)21(2)12-15/h3,5,11,14-15,20H,4,6-10,12H2,1-2H3. The van der Waals surface area contributed by atoms with Crippen LogP contribution in [0, 0.1) is 6.92 Å². The molecule has 1 aromatic carbocycles. The maximum Gasteiger partial charge on any atom is 0.222 e. The number of halogens is 1. The Balaban J connectivity index is 1.50. The van der Waals surface area contributed by atoms with Crippen molar-refractivity contribution in [1.82, 2.24) is 10.2 Å².